The van der Waals surface area contributed by atoms with Crippen LogP contribution in [0.4, 0.5) is 22.7 Å². The fraction of sp³-hybridized carbons (Fsp3) is 0. The second-order valence-electron chi connectivity index (χ2n) is 13.0. The van der Waals surface area contributed by atoms with E-state index in [9.17, 15) is 0 Å². The van der Waals surface area contributed by atoms with Gasteiger partial charge in [-0.25, -0.2) is 9.97 Å². The van der Waals surface area contributed by atoms with Crippen LogP contribution in [0.2, 0.25) is 0 Å². The van der Waals surface area contributed by atoms with Gasteiger partial charge in [0.2, 0.25) is 0 Å². The summed E-state index contributed by atoms with van der Waals surface area (Å²) in [7, 11) is 0. The van der Waals surface area contributed by atoms with Crippen LogP contribution in [0, 0.1) is 0 Å². The van der Waals surface area contributed by atoms with E-state index in [0.29, 0.717) is 22.7 Å². The predicted molar refractivity (Wildman–Crippen MR) is 218 cm³/mol. The Morgan fingerprint density at radius 3 is 0.717 bits per heavy atom. The molecule has 0 aliphatic carbocycles. The number of nitrogens with zero attached hydrogens (tertiary/aromatic N) is 2. The van der Waals surface area contributed by atoms with Crippen molar-refractivity contribution >= 4 is 69.1 Å². The SMILES string of the molecule is Nc1ccc(-c2c3nc(c(-c4ccc(N)cc4)c4ccc([nH]4)c(-c4ccc(N)cc4)c4nc(c(-c5ccc(N)cc5)c5ccc2[nH]5)C=C4)C=C3)cc1.[Pt]. The number of H-pyrrole nitrogens is 2. The van der Waals surface area contributed by atoms with Crippen molar-refractivity contribution in [1.82, 2.24) is 19.9 Å². The van der Waals surface area contributed by atoms with E-state index in [1.165, 1.54) is 0 Å². The van der Waals surface area contributed by atoms with E-state index < -0.39 is 0 Å². The fourth-order valence-electron chi connectivity index (χ4n) is 7.02. The minimum atomic E-state index is 0. The number of aromatic nitrogens is 4. The average molecular weight is 870 g/mol. The third-order valence-electron chi connectivity index (χ3n) is 9.55. The van der Waals surface area contributed by atoms with Gasteiger partial charge in [-0.2, -0.15) is 0 Å². The first-order chi connectivity index (χ1) is 25.4. The fourth-order valence-corrected chi connectivity index (χ4v) is 7.02. The van der Waals surface area contributed by atoms with Crippen molar-refractivity contribution in [1.29, 1.82) is 0 Å². The first-order valence-electron chi connectivity index (χ1n) is 17.0. The molecule has 0 unspecified atom stereocenters. The Morgan fingerprint density at radius 1 is 0.302 bits per heavy atom. The average Bonchev–Trinajstić information content (AvgIpc) is 3.99. The van der Waals surface area contributed by atoms with Gasteiger partial charge >= 0.3 is 0 Å². The number of hydrogen-bond donors (Lipinski definition) is 6. The van der Waals surface area contributed by atoms with Gasteiger partial charge in [0.25, 0.3) is 0 Å². The third-order valence-corrected chi connectivity index (χ3v) is 9.55. The van der Waals surface area contributed by atoms with Gasteiger partial charge in [-0.1, -0.05) is 48.5 Å². The van der Waals surface area contributed by atoms with Crippen LogP contribution in [0.15, 0.2) is 121 Å². The van der Waals surface area contributed by atoms with Crippen LogP contribution in [-0.2, 0) is 21.1 Å². The van der Waals surface area contributed by atoms with Crippen LogP contribution in [0.1, 0.15) is 22.8 Å². The molecular weight excluding hydrogens is 836 g/mol. The molecule has 0 saturated heterocycles. The van der Waals surface area contributed by atoms with Crippen LogP contribution in [0.3, 0.4) is 0 Å². The molecule has 7 aromatic rings. The second kappa shape index (κ2) is 13.5. The predicted octanol–water partition coefficient (Wildman–Crippen LogP) is 9.65. The molecule has 0 saturated carbocycles. The molecule has 8 bridgehead atoms. The monoisotopic (exact) mass is 869 g/mol. The van der Waals surface area contributed by atoms with Crippen molar-refractivity contribution < 1.29 is 21.1 Å². The molecule has 0 amide bonds. The number of rotatable bonds is 4. The summed E-state index contributed by atoms with van der Waals surface area (Å²) in [5.41, 5.74) is 41.9. The molecule has 0 spiro atoms. The molecule has 0 atom stereocenters. The van der Waals surface area contributed by atoms with E-state index in [-0.39, 0.29) is 21.1 Å². The van der Waals surface area contributed by atoms with Gasteiger partial charge in [-0.3, -0.25) is 0 Å². The summed E-state index contributed by atoms with van der Waals surface area (Å²) in [6, 6.07) is 40.0. The zero-order valence-corrected chi connectivity index (χ0v) is 30.6. The Bertz CT molecular complexity index is 2370. The molecule has 0 fully saturated rings. The molecule has 260 valence electrons. The van der Waals surface area contributed by atoms with Gasteiger partial charge in [0.15, 0.2) is 0 Å². The normalized spacial score (nSPS) is 11.8. The van der Waals surface area contributed by atoms with Gasteiger partial charge < -0.3 is 32.9 Å². The van der Waals surface area contributed by atoms with E-state index in [0.717, 1.165) is 89.4 Å². The Balaban J connectivity index is 0.00000400. The number of nitrogen functional groups attached to an aromatic ring is 4. The zero-order chi connectivity index (χ0) is 35.3. The summed E-state index contributed by atoms with van der Waals surface area (Å²) >= 11 is 0. The Morgan fingerprint density at radius 2 is 0.509 bits per heavy atom. The Kier molecular flexibility index (Phi) is 8.53. The minimum absolute atomic E-state index is 0. The van der Waals surface area contributed by atoms with Crippen molar-refractivity contribution in [3.8, 4) is 44.5 Å². The smallest absolute Gasteiger partial charge is 0.0737 e. The Labute approximate surface area is 320 Å². The van der Waals surface area contributed by atoms with Crippen LogP contribution in [0.5, 0.6) is 0 Å². The second-order valence-corrected chi connectivity index (χ2v) is 13.0. The minimum Gasteiger partial charge on any atom is -0.399 e. The molecule has 5 heterocycles. The Hall–Kier alpha value is -6.63. The molecule has 9 rings (SSSR count). The number of hydrogen-bond acceptors (Lipinski definition) is 6. The van der Waals surface area contributed by atoms with Crippen LogP contribution in [-0.4, -0.2) is 19.9 Å². The van der Waals surface area contributed by atoms with E-state index >= 15 is 0 Å². The van der Waals surface area contributed by atoms with Gasteiger partial charge in [-0.15, -0.1) is 0 Å². The van der Waals surface area contributed by atoms with Crippen LogP contribution in [0.25, 0.3) is 90.9 Å². The maximum Gasteiger partial charge on any atom is 0.0737 e. The third kappa shape index (κ3) is 6.19. The largest absolute Gasteiger partial charge is 0.399 e. The number of nitrogens with two attached hydrogens (primary N) is 4. The van der Waals surface area contributed by atoms with Gasteiger partial charge in [-0.05, 0) is 119 Å². The quantitative estimate of drug-likeness (QED) is 0.0966. The molecule has 0 radical (unpaired) electrons. The first-order valence-corrected chi connectivity index (χ1v) is 17.0. The first kappa shape index (κ1) is 33.5. The van der Waals surface area contributed by atoms with Crippen molar-refractivity contribution in [2.45, 2.75) is 0 Å². The van der Waals surface area contributed by atoms with E-state index in [2.05, 4.69) is 58.5 Å². The van der Waals surface area contributed by atoms with Gasteiger partial charge in [0, 0.05) is 88.1 Å². The summed E-state index contributed by atoms with van der Waals surface area (Å²) < 4.78 is 0. The summed E-state index contributed by atoms with van der Waals surface area (Å²) in [5, 5.41) is 0. The van der Waals surface area contributed by atoms with Crippen molar-refractivity contribution in [2.75, 3.05) is 22.9 Å². The van der Waals surface area contributed by atoms with Crippen LogP contribution < -0.4 is 22.9 Å². The number of fused-ring (bicyclic) bond motifs is 8. The molecule has 8 nitrogen and oxygen atoms in total. The van der Waals surface area contributed by atoms with E-state index in [4.69, 9.17) is 32.9 Å². The van der Waals surface area contributed by atoms with Crippen molar-refractivity contribution in [3.63, 3.8) is 0 Å². The summed E-state index contributed by atoms with van der Waals surface area (Å²) in [4.78, 5) is 18.2. The summed E-state index contributed by atoms with van der Waals surface area (Å²) in [5.74, 6) is 0. The number of benzene rings is 4. The van der Waals surface area contributed by atoms with Crippen molar-refractivity contribution in [3.05, 3.63) is 144 Å². The van der Waals surface area contributed by atoms with E-state index in [1.54, 1.807) is 0 Å². The maximum absolute atomic E-state index is 6.15. The molecule has 4 aromatic carbocycles. The molecule has 2 aliphatic heterocycles. The van der Waals surface area contributed by atoms with E-state index in [1.807, 2.05) is 97.1 Å². The zero-order valence-electron chi connectivity index (χ0n) is 28.4. The standard InChI is InChI=1S/C44H34N8.Pt/c45-29-9-1-25(2-10-29)41-33-17-19-35(49-33)42(26-3-11-30(46)12-4-26)37-21-23-39(51-37)44(28-7-15-32(48)16-8-28)40-24-22-38(52-40)43(36-20-18-34(41)50-36)27-5-13-31(47)14-6-27;/h1-24,49,52H,45-48H2;. The molecule has 3 aromatic heterocycles. The number of nitrogens with one attached hydrogen (secondary N) is 2. The summed E-state index contributed by atoms with van der Waals surface area (Å²) in [6.45, 7) is 0. The molecule has 10 N–H and O–H groups in total. The van der Waals surface area contributed by atoms with Crippen molar-refractivity contribution in [2.24, 2.45) is 0 Å². The molecule has 2 aliphatic rings. The molecular formula is C44H34N8Pt. The van der Waals surface area contributed by atoms with Gasteiger partial charge in [0.1, 0.15) is 0 Å². The topological polar surface area (TPSA) is 161 Å². The molecule has 53 heavy (non-hydrogen) atoms. The summed E-state index contributed by atoms with van der Waals surface area (Å²) in [6.07, 6.45) is 8.29. The van der Waals surface area contributed by atoms with Gasteiger partial charge in [0.05, 0.1) is 22.8 Å². The van der Waals surface area contributed by atoms with Crippen LogP contribution >= 0.6 is 0 Å². The molecule has 9 heteroatoms. The maximum atomic E-state index is 6.15. The number of aromatic amines is 2. The number of anilines is 4.